The summed E-state index contributed by atoms with van der Waals surface area (Å²) < 4.78 is 6.10. The van der Waals surface area contributed by atoms with Crippen LogP contribution >= 0.6 is 0 Å². The minimum absolute atomic E-state index is 0.0288. The van der Waals surface area contributed by atoms with Crippen LogP contribution in [-0.2, 0) is 14.3 Å². The van der Waals surface area contributed by atoms with E-state index in [-0.39, 0.29) is 41.5 Å². The van der Waals surface area contributed by atoms with Gasteiger partial charge >= 0.3 is 0 Å². The van der Waals surface area contributed by atoms with Crippen LogP contribution in [0.15, 0.2) is 30.7 Å². The normalized spacial score (nSPS) is 34.3. The second kappa shape index (κ2) is 5.80. The number of Topliss-reactive ketones (excluding diaryl/α,β-unsaturated/α-hetero) is 2. The highest BCUT2D eigenvalue weighted by molar-refractivity contribution is 6.17. The minimum atomic E-state index is -0.643. The molecule has 5 heteroatoms. The molecule has 1 aliphatic carbocycles. The molecule has 27 heavy (non-hydrogen) atoms. The van der Waals surface area contributed by atoms with Crippen LogP contribution in [0.2, 0.25) is 0 Å². The van der Waals surface area contributed by atoms with Gasteiger partial charge in [0, 0.05) is 24.5 Å². The Kier molecular flexibility index (Phi) is 3.60. The third kappa shape index (κ3) is 2.27. The fraction of sp³-hybridized carbons (Fsp3) is 0.455. The first-order valence-electron chi connectivity index (χ1n) is 9.54. The van der Waals surface area contributed by atoms with Gasteiger partial charge in [0.15, 0.2) is 11.6 Å². The number of aryl methyl sites for hydroxylation is 3. The third-order valence-corrected chi connectivity index (χ3v) is 6.57. The Hall–Kier alpha value is -2.40. The van der Waals surface area contributed by atoms with Crippen molar-refractivity contribution < 1.29 is 14.3 Å². The summed E-state index contributed by atoms with van der Waals surface area (Å²) in [4.78, 5) is 35.3. The summed E-state index contributed by atoms with van der Waals surface area (Å²) in [7, 11) is 0. The van der Waals surface area contributed by atoms with Crippen molar-refractivity contribution in [2.24, 2.45) is 11.8 Å². The van der Waals surface area contributed by atoms with Gasteiger partial charge in [-0.1, -0.05) is 17.7 Å². The molecule has 3 aliphatic rings. The topological polar surface area (TPSA) is 69.2 Å². The molecule has 5 rings (SSSR count). The van der Waals surface area contributed by atoms with Crippen LogP contribution in [0.1, 0.15) is 46.2 Å². The lowest BCUT2D eigenvalue weighted by Gasteiger charge is -2.25. The second-order valence-corrected chi connectivity index (χ2v) is 8.21. The maximum Gasteiger partial charge on any atom is 0.154 e. The van der Waals surface area contributed by atoms with E-state index in [4.69, 9.17) is 4.74 Å². The molecule has 3 heterocycles. The van der Waals surface area contributed by atoms with Gasteiger partial charge in [-0.2, -0.15) is 0 Å². The monoisotopic (exact) mass is 362 g/mol. The molecular weight excluding hydrogens is 340 g/mol. The summed E-state index contributed by atoms with van der Waals surface area (Å²) in [6.45, 7) is 6.03. The number of fused-ring (bicyclic) bond motifs is 5. The Morgan fingerprint density at radius 1 is 1.00 bits per heavy atom. The molecule has 138 valence electrons. The number of carbonyl (C=O) groups excluding carboxylic acids is 2. The molecule has 6 atom stereocenters. The van der Waals surface area contributed by atoms with Gasteiger partial charge in [-0.15, -0.1) is 0 Å². The first-order chi connectivity index (χ1) is 13.0. The summed E-state index contributed by atoms with van der Waals surface area (Å²) in [5.41, 5.74) is 4.96. The van der Waals surface area contributed by atoms with Gasteiger partial charge < -0.3 is 4.74 Å². The van der Waals surface area contributed by atoms with Crippen molar-refractivity contribution in [3.63, 3.8) is 0 Å². The van der Waals surface area contributed by atoms with E-state index in [1.54, 1.807) is 18.6 Å². The largest absolute Gasteiger partial charge is 0.373 e. The summed E-state index contributed by atoms with van der Waals surface area (Å²) in [6.07, 6.45) is 5.36. The number of hydrogen-bond acceptors (Lipinski definition) is 5. The van der Waals surface area contributed by atoms with Crippen molar-refractivity contribution in [1.29, 1.82) is 0 Å². The summed E-state index contributed by atoms with van der Waals surface area (Å²) in [5, 5.41) is 0. The first-order valence-corrected chi connectivity index (χ1v) is 9.54. The van der Waals surface area contributed by atoms with Gasteiger partial charge in [-0.05, 0) is 43.9 Å². The van der Waals surface area contributed by atoms with Crippen LogP contribution in [0.3, 0.4) is 0 Å². The summed E-state index contributed by atoms with van der Waals surface area (Å²) in [6, 6.07) is 4.12. The molecule has 1 unspecified atom stereocenters. The van der Waals surface area contributed by atoms with Gasteiger partial charge in [0.1, 0.15) is 5.92 Å². The van der Waals surface area contributed by atoms with Crippen molar-refractivity contribution >= 4 is 11.6 Å². The van der Waals surface area contributed by atoms with E-state index in [0.29, 0.717) is 0 Å². The van der Waals surface area contributed by atoms with Crippen molar-refractivity contribution in [2.45, 2.75) is 51.2 Å². The van der Waals surface area contributed by atoms with E-state index in [9.17, 15) is 9.59 Å². The minimum Gasteiger partial charge on any atom is -0.373 e. The molecule has 0 amide bonds. The zero-order chi connectivity index (χ0) is 18.9. The van der Waals surface area contributed by atoms with E-state index < -0.39 is 5.92 Å². The molecule has 0 N–H and O–H groups in total. The lowest BCUT2D eigenvalue weighted by Crippen LogP contribution is -2.34. The van der Waals surface area contributed by atoms with Crippen LogP contribution in [-0.4, -0.2) is 33.7 Å². The molecule has 2 bridgehead atoms. The highest BCUT2D eigenvalue weighted by Crippen LogP contribution is 2.57. The van der Waals surface area contributed by atoms with Gasteiger partial charge in [-0.25, -0.2) is 0 Å². The summed E-state index contributed by atoms with van der Waals surface area (Å²) in [5.74, 6) is -1.18. The molecule has 1 aromatic heterocycles. The number of ketones is 2. The second-order valence-electron chi connectivity index (χ2n) is 8.21. The summed E-state index contributed by atoms with van der Waals surface area (Å²) >= 11 is 0. The van der Waals surface area contributed by atoms with E-state index in [0.717, 1.165) is 34.4 Å². The zero-order valence-corrected chi connectivity index (χ0v) is 15.7. The zero-order valence-electron chi connectivity index (χ0n) is 15.7. The van der Waals surface area contributed by atoms with Crippen LogP contribution in [0.25, 0.3) is 0 Å². The SMILES string of the molecule is Cc1cc(C)c(C2C(=O)[C@@H]3[C@@H]4O[C@@H](C[C@H]4c4cnccn4)[C@@H]3C2=O)c(C)c1. The average Bonchev–Trinajstić information content (AvgIpc) is 3.29. The molecule has 0 spiro atoms. The molecule has 5 nitrogen and oxygen atoms in total. The number of ether oxygens (including phenoxy) is 1. The molecule has 2 saturated heterocycles. The predicted molar refractivity (Wildman–Crippen MR) is 98.4 cm³/mol. The van der Waals surface area contributed by atoms with Crippen molar-refractivity contribution in [2.75, 3.05) is 0 Å². The average molecular weight is 362 g/mol. The number of hydrogen-bond donors (Lipinski definition) is 0. The molecule has 3 fully saturated rings. The molecule has 0 radical (unpaired) electrons. The number of nitrogens with zero attached hydrogens (tertiary/aromatic N) is 2. The number of rotatable bonds is 2. The van der Waals surface area contributed by atoms with Gasteiger partial charge in [0.25, 0.3) is 0 Å². The molecule has 1 aromatic carbocycles. The van der Waals surface area contributed by atoms with Crippen molar-refractivity contribution in [3.8, 4) is 0 Å². The lowest BCUT2D eigenvalue weighted by molar-refractivity contribution is -0.127. The fourth-order valence-electron chi connectivity index (χ4n) is 5.68. The highest BCUT2D eigenvalue weighted by Gasteiger charge is 2.66. The van der Waals surface area contributed by atoms with Gasteiger partial charge in [-0.3, -0.25) is 19.6 Å². The van der Waals surface area contributed by atoms with Crippen molar-refractivity contribution in [1.82, 2.24) is 9.97 Å². The van der Waals surface area contributed by atoms with Gasteiger partial charge in [0.2, 0.25) is 0 Å². The molecular formula is C22H22N2O3. The van der Waals surface area contributed by atoms with E-state index >= 15 is 0 Å². The Morgan fingerprint density at radius 2 is 1.70 bits per heavy atom. The quantitative estimate of drug-likeness (QED) is 0.769. The smallest absolute Gasteiger partial charge is 0.154 e. The number of aromatic nitrogens is 2. The van der Waals surface area contributed by atoms with E-state index in [1.807, 2.05) is 20.8 Å². The Bertz CT molecular complexity index is 932. The Morgan fingerprint density at radius 3 is 2.37 bits per heavy atom. The Labute approximate surface area is 158 Å². The first kappa shape index (κ1) is 16.8. The highest BCUT2D eigenvalue weighted by atomic mass is 16.5. The maximum atomic E-state index is 13.4. The number of carbonyl (C=O) groups is 2. The van der Waals surface area contributed by atoms with Crippen LogP contribution < -0.4 is 0 Å². The maximum absolute atomic E-state index is 13.4. The molecule has 2 aliphatic heterocycles. The molecule has 2 aromatic rings. The van der Waals surface area contributed by atoms with Gasteiger partial charge in [0.05, 0.1) is 29.7 Å². The molecule has 1 saturated carbocycles. The van der Waals surface area contributed by atoms with Crippen LogP contribution in [0.4, 0.5) is 0 Å². The third-order valence-electron chi connectivity index (χ3n) is 6.57. The fourth-order valence-corrected chi connectivity index (χ4v) is 5.68. The van der Waals surface area contributed by atoms with Crippen LogP contribution in [0, 0.1) is 32.6 Å². The van der Waals surface area contributed by atoms with Crippen LogP contribution in [0.5, 0.6) is 0 Å². The van der Waals surface area contributed by atoms with E-state index in [2.05, 4.69) is 22.1 Å². The van der Waals surface area contributed by atoms with E-state index in [1.165, 1.54) is 0 Å². The standard InChI is InChI=1S/C22H22N2O3/c1-10-6-11(2)16(12(3)7-10)18-20(25)17-15-8-13(14-9-23-4-5-24-14)22(27-15)19(17)21(18)26/h4-7,9,13,15,17-19,22H,8H2,1-3H3/t13-,15-,17-,18?,19+,22+/m0/s1. The van der Waals surface area contributed by atoms with Crippen molar-refractivity contribution in [3.05, 3.63) is 58.7 Å². The predicted octanol–water partition coefficient (Wildman–Crippen LogP) is 2.82. The lowest BCUT2D eigenvalue weighted by atomic mass is 9.74. The number of benzene rings is 1. The Balaban J connectivity index is 1.53.